The van der Waals surface area contributed by atoms with Gasteiger partial charge in [0.05, 0.1) is 13.2 Å². The zero-order chi connectivity index (χ0) is 16.4. The van der Waals surface area contributed by atoms with Gasteiger partial charge in [0.15, 0.2) is 5.79 Å². The highest BCUT2D eigenvalue weighted by Crippen LogP contribution is 2.55. The van der Waals surface area contributed by atoms with Crippen LogP contribution >= 0.6 is 15.9 Å². The number of hydrogen-bond acceptors (Lipinski definition) is 6. The Morgan fingerprint density at radius 1 is 1.25 bits per heavy atom. The van der Waals surface area contributed by atoms with E-state index in [-0.39, 0.29) is 18.0 Å². The van der Waals surface area contributed by atoms with Gasteiger partial charge < -0.3 is 24.7 Å². The van der Waals surface area contributed by atoms with Crippen LogP contribution in [-0.2, 0) is 19.7 Å². The Morgan fingerprint density at radius 3 is 2.83 bits per heavy atom. The summed E-state index contributed by atoms with van der Waals surface area (Å²) in [5.41, 5.74) is 6.40. The van der Waals surface area contributed by atoms with Gasteiger partial charge in [-0.3, -0.25) is 0 Å². The van der Waals surface area contributed by atoms with E-state index < -0.39 is 11.3 Å². The van der Waals surface area contributed by atoms with E-state index in [1.165, 1.54) is 0 Å². The molecule has 6 nitrogen and oxygen atoms in total. The molecule has 0 bridgehead atoms. The summed E-state index contributed by atoms with van der Waals surface area (Å²) in [6.45, 7) is 1.73. The van der Waals surface area contributed by atoms with Gasteiger partial charge in [-0.25, -0.2) is 4.99 Å². The van der Waals surface area contributed by atoms with Crippen molar-refractivity contribution in [3.8, 4) is 5.75 Å². The van der Waals surface area contributed by atoms with Crippen LogP contribution in [0.25, 0.3) is 0 Å². The lowest BCUT2D eigenvalue weighted by Gasteiger charge is -2.50. The predicted molar refractivity (Wildman–Crippen MR) is 89.8 cm³/mol. The molecule has 1 saturated heterocycles. The summed E-state index contributed by atoms with van der Waals surface area (Å²) in [7, 11) is 0. The van der Waals surface area contributed by atoms with Crippen LogP contribution in [-0.4, -0.2) is 37.7 Å². The van der Waals surface area contributed by atoms with Crippen molar-refractivity contribution in [1.82, 2.24) is 0 Å². The molecular formula is C17H19BrN2O4. The minimum absolute atomic E-state index is 0.0651. The second-order valence-corrected chi connectivity index (χ2v) is 7.83. The third-order valence-electron chi connectivity index (χ3n) is 5.65. The molecule has 24 heavy (non-hydrogen) atoms. The lowest BCUT2D eigenvalue weighted by atomic mass is 9.67. The zero-order valence-electron chi connectivity index (χ0n) is 13.2. The quantitative estimate of drug-likeness (QED) is 0.730. The van der Waals surface area contributed by atoms with Crippen LogP contribution in [0.1, 0.15) is 24.8 Å². The molecule has 1 aromatic rings. The van der Waals surface area contributed by atoms with Crippen LogP contribution in [0.5, 0.6) is 5.75 Å². The van der Waals surface area contributed by atoms with Gasteiger partial charge in [0.1, 0.15) is 24.0 Å². The van der Waals surface area contributed by atoms with Gasteiger partial charge in [0, 0.05) is 28.8 Å². The number of aliphatic imine (C=N–C) groups is 1. The summed E-state index contributed by atoms with van der Waals surface area (Å²) in [4.78, 5) is 4.76. The largest absolute Gasteiger partial charge is 0.490 e. The Labute approximate surface area is 148 Å². The third kappa shape index (κ3) is 2.04. The smallest absolute Gasteiger partial charge is 0.283 e. The van der Waals surface area contributed by atoms with Crippen molar-refractivity contribution in [1.29, 1.82) is 0 Å². The van der Waals surface area contributed by atoms with Gasteiger partial charge >= 0.3 is 0 Å². The van der Waals surface area contributed by atoms with Gasteiger partial charge in [0.2, 0.25) is 0 Å². The second kappa shape index (κ2) is 5.09. The number of nitrogens with two attached hydrogens (primary N) is 1. The number of nitrogens with zero attached hydrogens (tertiary/aromatic N) is 1. The molecule has 2 fully saturated rings. The highest BCUT2D eigenvalue weighted by Gasteiger charge is 2.59. The molecule has 0 unspecified atom stereocenters. The minimum atomic E-state index is -0.533. The standard InChI is InChI=1S/C17H19BrN2O4/c18-10-1-2-13-11(7-10)17(9-21-15(19)20-17)12-8-16(22-5-6-23-16)4-3-14(12)24-13/h1-2,7,12,14H,3-6,8-9H2,(H2,19,20)/t12-,14-,17-/m1/s1. The highest BCUT2D eigenvalue weighted by atomic mass is 79.9. The van der Waals surface area contributed by atoms with Crippen LogP contribution in [0.15, 0.2) is 27.7 Å². The Morgan fingerprint density at radius 2 is 2.08 bits per heavy atom. The van der Waals surface area contributed by atoms with Crippen molar-refractivity contribution >= 4 is 22.0 Å². The van der Waals surface area contributed by atoms with Crippen molar-refractivity contribution in [2.75, 3.05) is 19.8 Å². The fraction of sp³-hybridized carbons (Fsp3) is 0.588. The number of halogens is 1. The van der Waals surface area contributed by atoms with E-state index >= 15 is 0 Å². The highest BCUT2D eigenvalue weighted by molar-refractivity contribution is 9.10. The summed E-state index contributed by atoms with van der Waals surface area (Å²) in [6, 6.07) is 6.29. The van der Waals surface area contributed by atoms with E-state index in [4.69, 9.17) is 29.7 Å². The van der Waals surface area contributed by atoms with Crippen molar-refractivity contribution in [3.63, 3.8) is 0 Å². The Balaban J connectivity index is 1.63. The summed E-state index contributed by atoms with van der Waals surface area (Å²) in [5, 5.41) is 0. The summed E-state index contributed by atoms with van der Waals surface area (Å²) in [6.07, 6.45) is 2.52. The van der Waals surface area contributed by atoms with E-state index in [2.05, 4.69) is 22.0 Å². The fourth-order valence-electron chi connectivity index (χ4n) is 4.59. The summed E-state index contributed by atoms with van der Waals surface area (Å²) >= 11 is 3.56. The van der Waals surface area contributed by atoms with Gasteiger partial charge in [-0.15, -0.1) is 0 Å². The van der Waals surface area contributed by atoms with Gasteiger partial charge in [0.25, 0.3) is 6.02 Å². The number of ether oxygens (including phenoxy) is 4. The van der Waals surface area contributed by atoms with E-state index in [1.807, 2.05) is 12.1 Å². The minimum Gasteiger partial charge on any atom is -0.490 e. The number of rotatable bonds is 0. The van der Waals surface area contributed by atoms with Gasteiger partial charge in [-0.05, 0) is 24.6 Å². The zero-order valence-corrected chi connectivity index (χ0v) is 14.8. The van der Waals surface area contributed by atoms with E-state index in [0.717, 1.165) is 35.0 Å². The molecule has 1 aliphatic carbocycles. The SMILES string of the molecule is NC1=N[C@]2(CO1)c1cc(Br)ccc1O[C@@H]1CCC3(C[C@H]12)OCCO3. The Bertz CT molecular complexity index is 719. The molecule has 3 aliphatic heterocycles. The molecule has 0 radical (unpaired) electrons. The van der Waals surface area contributed by atoms with Gasteiger partial charge in [-0.1, -0.05) is 15.9 Å². The fourth-order valence-corrected chi connectivity index (χ4v) is 4.95. The normalized spacial score (nSPS) is 36.0. The Kier molecular flexibility index (Phi) is 3.18. The van der Waals surface area contributed by atoms with Crippen LogP contribution in [0.4, 0.5) is 0 Å². The lowest BCUT2D eigenvalue weighted by molar-refractivity contribution is -0.210. The lowest BCUT2D eigenvalue weighted by Crippen LogP contribution is -2.55. The van der Waals surface area contributed by atoms with E-state index in [1.54, 1.807) is 0 Å². The molecule has 7 heteroatoms. The number of benzene rings is 1. The number of hydrogen-bond donors (Lipinski definition) is 1. The van der Waals surface area contributed by atoms with Crippen molar-refractivity contribution in [2.24, 2.45) is 16.6 Å². The number of amidine groups is 1. The molecular weight excluding hydrogens is 376 g/mol. The first-order chi connectivity index (χ1) is 11.6. The monoisotopic (exact) mass is 394 g/mol. The molecule has 4 aliphatic rings. The van der Waals surface area contributed by atoms with Crippen LogP contribution < -0.4 is 10.5 Å². The topological polar surface area (TPSA) is 75.3 Å². The Hall–Kier alpha value is -1.31. The second-order valence-electron chi connectivity index (χ2n) is 6.92. The molecule has 2 N–H and O–H groups in total. The third-order valence-corrected chi connectivity index (χ3v) is 6.15. The molecule has 5 rings (SSSR count). The summed E-state index contributed by atoms with van der Waals surface area (Å²) in [5.74, 6) is 0.464. The maximum atomic E-state index is 6.32. The average molecular weight is 395 g/mol. The predicted octanol–water partition coefficient (Wildman–Crippen LogP) is 2.29. The van der Waals surface area contributed by atoms with Crippen molar-refractivity contribution in [2.45, 2.75) is 36.7 Å². The first-order valence-corrected chi connectivity index (χ1v) is 9.12. The maximum Gasteiger partial charge on any atom is 0.283 e. The molecule has 1 aromatic carbocycles. The molecule has 1 saturated carbocycles. The van der Waals surface area contributed by atoms with Crippen LogP contribution in [0.3, 0.4) is 0 Å². The van der Waals surface area contributed by atoms with E-state index in [9.17, 15) is 0 Å². The molecule has 3 atom stereocenters. The molecule has 2 spiro atoms. The number of fused-ring (bicyclic) bond motifs is 4. The van der Waals surface area contributed by atoms with Gasteiger partial charge in [-0.2, -0.15) is 0 Å². The van der Waals surface area contributed by atoms with Crippen molar-refractivity contribution < 1.29 is 18.9 Å². The first kappa shape index (κ1) is 15.0. The summed E-state index contributed by atoms with van der Waals surface area (Å²) < 4.78 is 24.9. The molecule has 128 valence electrons. The molecule has 3 heterocycles. The first-order valence-electron chi connectivity index (χ1n) is 8.33. The average Bonchev–Trinajstić information content (AvgIpc) is 3.18. The molecule has 0 aromatic heterocycles. The van der Waals surface area contributed by atoms with Crippen molar-refractivity contribution in [3.05, 3.63) is 28.2 Å². The van der Waals surface area contributed by atoms with Crippen LogP contribution in [0, 0.1) is 5.92 Å². The molecule has 0 amide bonds. The maximum absolute atomic E-state index is 6.32. The van der Waals surface area contributed by atoms with Crippen LogP contribution in [0.2, 0.25) is 0 Å². The van der Waals surface area contributed by atoms with E-state index in [0.29, 0.717) is 19.8 Å².